The number of aryl methyl sites for hydroxylation is 1. The molecule has 6 heteroatoms. The van der Waals surface area contributed by atoms with Crippen molar-refractivity contribution in [2.24, 2.45) is 11.1 Å². The minimum absolute atomic E-state index is 0.00812. The van der Waals surface area contributed by atoms with Gasteiger partial charge in [0.25, 0.3) is 5.91 Å². The lowest BCUT2D eigenvalue weighted by atomic mass is 9.98. The summed E-state index contributed by atoms with van der Waals surface area (Å²) in [6.07, 6.45) is 1.97. The molecule has 110 valence electrons. The van der Waals surface area contributed by atoms with E-state index < -0.39 is 10.0 Å². The Morgan fingerprint density at radius 1 is 1.25 bits per heavy atom. The van der Waals surface area contributed by atoms with Crippen LogP contribution in [0.5, 0.6) is 0 Å². The van der Waals surface area contributed by atoms with Crippen LogP contribution in [0.25, 0.3) is 0 Å². The van der Waals surface area contributed by atoms with Crippen molar-refractivity contribution in [1.29, 1.82) is 0 Å². The van der Waals surface area contributed by atoms with Gasteiger partial charge in [0, 0.05) is 18.7 Å². The number of nitrogens with two attached hydrogens (primary N) is 1. The highest BCUT2D eigenvalue weighted by atomic mass is 32.2. The summed E-state index contributed by atoms with van der Waals surface area (Å²) in [5, 5.41) is 5.14. The molecular weight excluding hydrogens is 276 g/mol. The van der Waals surface area contributed by atoms with Gasteiger partial charge in [0.2, 0.25) is 10.0 Å². The number of hydrogen-bond acceptors (Lipinski definition) is 3. The molecule has 1 aromatic rings. The number of nitrogens with zero attached hydrogens (tertiary/aromatic N) is 1. The van der Waals surface area contributed by atoms with E-state index in [-0.39, 0.29) is 10.8 Å². The van der Waals surface area contributed by atoms with E-state index in [0.29, 0.717) is 17.0 Å². The van der Waals surface area contributed by atoms with Crippen molar-refractivity contribution in [3.8, 4) is 0 Å². The maximum Gasteiger partial charge on any atom is 0.253 e. The minimum atomic E-state index is -3.79. The molecular formula is C14H20N2O3S. The molecule has 5 nitrogen and oxygen atoms in total. The summed E-state index contributed by atoms with van der Waals surface area (Å²) in [4.78, 5) is 14.2. The lowest BCUT2D eigenvalue weighted by Crippen LogP contribution is -2.38. The van der Waals surface area contributed by atoms with E-state index in [1.807, 2.05) is 0 Å². The number of rotatable bonds is 2. The molecule has 1 aromatic carbocycles. The molecule has 0 aromatic heterocycles. The Morgan fingerprint density at radius 3 is 2.40 bits per heavy atom. The lowest BCUT2D eigenvalue weighted by molar-refractivity contribution is 0.0697. The lowest BCUT2D eigenvalue weighted by Gasteiger charge is -2.30. The zero-order chi connectivity index (χ0) is 14.9. The van der Waals surface area contributed by atoms with Crippen LogP contribution in [-0.2, 0) is 10.0 Å². The molecule has 0 spiro atoms. The van der Waals surface area contributed by atoms with E-state index in [4.69, 9.17) is 5.14 Å². The van der Waals surface area contributed by atoms with Crippen LogP contribution in [0.2, 0.25) is 0 Å². The number of sulfonamides is 1. The fourth-order valence-electron chi connectivity index (χ4n) is 2.43. The van der Waals surface area contributed by atoms with Gasteiger partial charge in [0.15, 0.2) is 0 Å². The van der Waals surface area contributed by atoms with E-state index in [0.717, 1.165) is 25.9 Å². The third-order valence-electron chi connectivity index (χ3n) is 3.70. The third kappa shape index (κ3) is 3.37. The summed E-state index contributed by atoms with van der Waals surface area (Å²) in [7, 11) is -3.79. The zero-order valence-corrected chi connectivity index (χ0v) is 12.6. The topological polar surface area (TPSA) is 80.5 Å². The van der Waals surface area contributed by atoms with Crippen molar-refractivity contribution >= 4 is 15.9 Å². The van der Waals surface area contributed by atoms with Gasteiger partial charge in [-0.15, -0.1) is 0 Å². The van der Waals surface area contributed by atoms with Crippen molar-refractivity contribution in [2.45, 2.75) is 31.6 Å². The van der Waals surface area contributed by atoms with Crippen molar-refractivity contribution in [1.82, 2.24) is 4.90 Å². The summed E-state index contributed by atoms with van der Waals surface area (Å²) in [6.45, 7) is 5.37. The quantitative estimate of drug-likeness (QED) is 0.898. The van der Waals surface area contributed by atoms with Crippen LogP contribution in [0.1, 0.15) is 35.7 Å². The Bertz CT molecular complexity index is 617. The molecule has 2 rings (SSSR count). The average molecular weight is 296 g/mol. The molecule has 1 amide bonds. The van der Waals surface area contributed by atoms with Gasteiger partial charge < -0.3 is 4.90 Å². The van der Waals surface area contributed by atoms with Crippen molar-refractivity contribution in [2.75, 3.05) is 13.1 Å². The number of primary sulfonamides is 1. The van der Waals surface area contributed by atoms with Gasteiger partial charge >= 0.3 is 0 Å². The van der Waals surface area contributed by atoms with Crippen LogP contribution >= 0.6 is 0 Å². The Labute approximate surface area is 119 Å². The Morgan fingerprint density at radius 2 is 1.85 bits per heavy atom. The summed E-state index contributed by atoms with van der Waals surface area (Å²) >= 11 is 0. The molecule has 0 bridgehead atoms. The maximum atomic E-state index is 12.4. The second-order valence-electron chi connectivity index (χ2n) is 5.55. The number of likely N-dealkylation sites (tertiary alicyclic amines) is 1. The summed E-state index contributed by atoms with van der Waals surface area (Å²) in [5.74, 6) is 0.516. The normalized spacial score (nSPS) is 17.2. The number of carbonyl (C=O) groups excluding carboxylic acids is 1. The smallest absolute Gasteiger partial charge is 0.253 e. The van der Waals surface area contributed by atoms with Crippen molar-refractivity contribution in [3.05, 3.63) is 29.3 Å². The summed E-state index contributed by atoms with van der Waals surface area (Å²) < 4.78 is 22.9. The first-order valence-corrected chi connectivity index (χ1v) is 8.26. The fourth-order valence-corrected chi connectivity index (χ4v) is 3.07. The van der Waals surface area contributed by atoms with Crippen LogP contribution in [0.15, 0.2) is 23.1 Å². The molecule has 0 aliphatic carbocycles. The molecule has 0 atom stereocenters. The minimum Gasteiger partial charge on any atom is -0.339 e. The third-order valence-corrected chi connectivity index (χ3v) is 4.59. The molecule has 1 aliphatic heterocycles. The van der Waals surface area contributed by atoms with Crippen molar-refractivity contribution < 1.29 is 13.2 Å². The number of benzene rings is 1. The second kappa shape index (κ2) is 5.54. The molecule has 0 saturated carbocycles. The monoisotopic (exact) mass is 296 g/mol. The number of amides is 1. The Kier molecular flexibility index (Phi) is 4.15. The van der Waals surface area contributed by atoms with Crippen LogP contribution in [0.3, 0.4) is 0 Å². The van der Waals surface area contributed by atoms with Crippen molar-refractivity contribution in [3.63, 3.8) is 0 Å². The first kappa shape index (κ1) is 15.0. The predicted octanol–water partition coefficient (Wildman–Crippen LogP) is 1.51. The molecule has 2 N–H and O–H groups in total. The fraction of sp³-hybridized carbons (Fsp3) is 0.500. The van der Waals surface area contributed by atoms with Gasteiger partial charge in [0.05, 0.1) is 4.90 Å². The second-order valence-corrected chi connectivity index (χ2v) is 7.12. The van der Waals surface area contributed by atoms with Crippen LogP contribution in [0.4, 0.5) is 0 Å². The zero-order valence-electron chi connectivity index (χ0n) is 11.8. The molecule has 1 saturated heterocycles. The van der Waals surface area contributed by atoms with Gasteiger partial charge in [-0.25, -0.2) is 13.6 Å². The Hall–Kier alpha value is -1.40. The number of hydrogen-bond donors (Lipinski definition) is 1. The van der Waals surface area contributed by atoms with E-state index in [9.17, 15) is 13.2 Å². The standard InChI is InChI=1S/C14H20N2O3S/c1-10-3-5-16(6-4-10)14(17)12-7-11(2)8-13(9-12)20(15,18)19/h7-10H,3-6H2,1-2H3,(H2,15,18,19). The molecule has 1 fully saturated rings. The van der Waals surface area contributed by atoms with E-state index in [1.54, 1.807) is 17.9 Å². The van der Waals surface area contributed by atoms with Crippen LogP contribution in [-0.4, -0.2) is 32.3 Å². The van der Waals surface area contributed by atoms with E-state index in [2.05, 4.69) is 6.92 Å². The summed E-state index contributed by atoms with van der Waals surface area (Å²) in [5.41, 5.74) is 1.11. The molecule has 1 aliphatic rings. The molecule has 1 heterocycles. The van der Waals surface area contributed by atoms with E-state index in [1.165, 1.54) is 12.1 Å². The van der Waals surface area contributed by atoms with E-state index >= 15 is 0 Å². The predicted molar refractivity (Wildman–Crippen MR) is 76.9 cm³/mol. The largest absolute Gasteiger partial charge is 0.339 e. The van der Waals surface area contributed by atoms with Gasteiger partial charge in [-0.1, -0.05) is 6.92 Å². The highest BCUT2D eigenvalue weighted by Gasteiger charge is 2.22. The van der Waals surface area contributed by atoms with Gasteiger partial charge in [-0.05, 0) is 49.4 Å². The molecule has 0 unspecified atom stereocenters. The SMILES string of the molecule is Cc1cc(C(=O)N2CCC(C)CC2)cc(S(N)(=O)=O)c1. The highest BCUT2D eigenvalue weighted by Crippen LogP contribution is 2.20. The maximum absolute atomic E-state index is 12.4. The Balaban J connectivity index is 2.28. The van der Waals surface area contributed by atoms with Gasteiger partial charge in [-0.3, -0.25) is 4.79 Å². The van der Waals surface area contributed by atoms with Gasteiger partial charge in [0.1, 0.15) is 0 Å². The first-order valence-electron chi connectivity index (χ1n) is 6.71. The van der Waals surface area contributed by atoms with Crippen LogP contribution < -0.4 is 5.14 Å². The number of carbonyl (C=O) groups is 1. The first-order chi connectivity index (χ1) is 9.27. The number of piperidine rings is 1. The molecule has 20 heavy (non-hydrogen) atoms. The highest BCUT2D eigenvalue weighted by molar-refractivity contribution is 7.89. The van der Waals surface area contributed by atoms with Crippen LogP contribution in [0, 0.1) is 12.8 Å². The van der Waals surface area contributed by atoms with Gasteiger partial charge in [-0.2, -0.15) is 0 Å². The molecule has 0 radical (unpaired) electrons. The average Bonchev–Trinajstić information content (AvgIpc) is 2.37. The summed E-state index contributed by atoms with van der Waals surface area (Å²) in [6, 6.07) is 4.54.